The number of hydrogen-bond donors (Lipinski definition) is 3. The number of carbonyl (C=O) groups is 2. The molecular formula is C58H109NO5. The average Bonchev–Trinajstić information content (AvgIpc) is 3.29. The molecule has 0 spiro atoms. The topological polar surface area (TPSA) is 95.9 Å². The number of aliphatic hydroxyl groups excluding tert-OH is 2. The van der Waals surface area contributed by atoms with Crippen LogP contribution in [-0.2, 0) is 14.3 Å². The van der Waals surface area contributed by atoms with E-state index in [0.29, 0.717) is 19.3 Å². The SMILES string of the molecule is CCCCC/C=C\C/C=C\C/C=C\CCCCC(CC(=O)NC(CO)C(O)CCCCCCCCCCCCCCCCCCC)OC(=O)CCCCCCCCCCCCCCC. The molecule has 3 atom stereocenters. The minimum Gasteiger partial charge on any atom is -0.462 e. The molecule has 0 saturated heterocycles. The minimum atomic E-state index is -0.796. The van der Waals surface area contributed by atoms with Gasteiger partial charge in [-0.1, -0.05) is 256 Å². The zero-order chi connectivity index (χ0) is 46.7. The second-order valence-electron chi connectivity index (χ2n) is 19.3. The number of aliphatic hydroxyl groups is 2. The fraction of sp³-hybridized carbons (Fsp3) is 0.862. The van der Waals surface area contributed by atoms with E-state index in [1.807, 2.05) is 0 Å². The quantitative estimate of drug-likeness (QED) is 0.0321. The van der Waals surface area contributed by atoms with Gasteiger partial charge in [0.1, 0.15) is 6.10 Å². The van der Waals surface area contributed by atoms with E-state index in [0.717, 1.165) is 70.6 Å². The largest absolute Gasteiger partial charge is 0.462 e. The molecule has 0 rings (SSSR count). The van der Waals surface area contributed by atoms with Crippen molar-refractivity contribution in [1.82, 2.24) is 5.32 Å². The van der Waals surface area contributed by atoms with Gasteiger partial charge in [0.2, 0.25) is 5.91 Å². The van der Waals surface area contributed by atoms with Crippen LogP contribution in [0.15, 0.2) is 36.5 Å². The van der Waals surface area contributed by atoms with Crippen LogP contribution in [-0.4, -0.2) is 46.9 Å². The zero-order valence-corrected chi connectivity index (χ0v) is 42.9. The third-order valence-corrected chi connectivity index (χ3v) is 13.0. The molecule has 0 aromatic heterocycles. The Labute approximate surface area is 398 Å². The van der Waals surface area contributed by atoms with E-state index in [9.17, 15) is 19.8 Å². The normalized spacial score (nSPS) is 13.4. The first-order valence-electron chi connectivity index (χ1n) is 28.2. The minimum absolute atomic E-state index is 0.0559. The highest BCUT2D eigenvalue weighted by molar-refractivity contribution is 5.77. The number of allylic oxidation sites excluding steroid dienone is 6. The van der Waals surface area contributed by atoms with Crippen LogP contribution >= 0.6 is 0 Å². The van der Waals surface area contributed by atoms with Crippen LogP contribution in [0.2, 0.25) is 0 Å². The maximum Gasteiger partial charge on any atom is 0.306 e. The number of rotatable bonds is 51. The van der Waals surface area contributed by atoms with Gasteiger partial charge in [-0.25, -0.2) is 0 Å². The molecule has 0 aliphatic rings. The van der Waals surface area contributed by atoms with Crippen LogP contribution in [0.3, 0.4) is 0 Å². The summed E-state index contributed by atoms with van der Waals surface area (Å²) in [4.78, 5) is 26.2. The summed E-state index contributed by atoms with van der Waals surface area (Å²) in [5.41, 5.74) is 0. The van der Waals surface area contributed by atoms with Gasteiger partial charge in [0, 0.05) is 6.42 Å². The van der Waals surface area contributed by atoms with E-state index < -0.39 is 18.2 Å². The predicted molar refractivity (Wildman–Crippen MR) is 278 cm³/mol. The van der Waals surface area contributed by atoms with E-state index in [1.54, 1.807) is 0 Å². The first kappa shape index (κ1) is 62.1. The summed E-state index contributed by atoms with van der Waals surface area (Å²) in [6, 6.07) is -0.711. The van der Waals surface area contributed by atoms with Crippen molar-refractivity contribution in [3.63, 3.8) is 0 Å². The number of nitrogens with one attached hydrogen (secondary N) is 1. The third kappa shape index (κ3) is 46.6. The Hall–Kier alpha value is -1.92. The standard InChI is InChI=1S/C58H109NO5/c1-4-7-10-13-16-19-22-25-27-28-30-33-35-38-41-44-47-50-56(61)55(53-60)59-57(62)52-54(49-46-43-40-37-34-32-29-26-23-20-17-14-11-8-5-2)64-58(63)51-48-45-42-39-36-31-24-21-18-15-12-9-6-3/h17,20,26,29,34,37,54-56,60-61H,4-16,18-19,21-25,27-28,30-33,35-36,38-53H2,1-3H3,(H,59,62)/b20-17-,29-26-,37-34-. The maximum atomic E-state index is 13.2. The smallest absolute Gasteiger partial charge is 0.306 e. The van der Waals surface area contributed by atoms with Gasteiger partial charge in [-0.05, 0) is 64.2 Å². The van der Waals surface area contributed by atoms with E-state index in [-0.39, 0.29) is 24.9 Å². The molecule has 6 nitrogen and oxygen atoms in total. The molecule has 0 radical (unpaired) electrons. The van der Waals surface area contributed by atoms with Crippen molar-refractivity contribution in [2.24, 2.45) is 0 Å². The summed E-state index contributed by atoms with van der Waals surface area (Å²) in [6.07, 6.45) is 62.1. The highest BCUT2D eigenvalue weighted by Gasteiger charge is 2.24. The molecular weight excluding hydrogens is 791 g/mol. The van der Waals surface area contributed by atoms with Crippen molar-refractivity contribution < 1.29 is 24.5 Å². The number of esters is 1. The van der Waals surface area contributed by atoms with E-state index >= 15 is 0 Å². The monoisotopic (exact) mass is 900 g/mol. The van der Waals surface area contributed by atoms with Gasteiger partial charge >= 0.3 is 5.97 Å². The van der Waals surface area contributed by atoms with Crippen molar-refractivity contribution in [2.45, 2.75) is 315 Å². The van der Waals surface area contributed by atoms with Crippen molar-refractivity contribution in [3.8, 4) is 0 Å². The van der Waals surface area contributed by atoms with Crippen LogP contribution in [0.25, 0.3) is 0 Å². The summed E-state index contributed by atoms with van der Waals surface area (Å²) in [5.74, 6) is -0.498. The Balaban J connectivity index is 4.56. The second kappa shape index (κ2) is 52.1. The molecule has 1 amide bonds. The fourth-order valence-electron chi connectivity index (χ4n) is 8.67. The lowest BCUT2D eigenvalue weighted by atomic mass is 10.0. The van der Waals surface area contributed by atoms with Gasteiger partial charge in [-0.2, -0.15) is 0 Å². The Bertz CT molecular complexity index is 1060. The molecule has 0 heterocycles. The zero-order valence-electron chi connectivity index (χ0n) is 42.9. The number of amides is 1. The van der Waals surface area contributed by atoms with Gasteiger partial charge in [0.05, 0.1) is 25.2 Å². The molecule has 0 saturated carbocycles. The van der Waals surface area contributed by atoms with Gasteiger partial charge in [0.15, 0.2) is 0 Å². The van der Waals surface area contributed by atoms with Gasteiger partial charge < -0.3 is 20.3 Å². The van der Waals surface area contributed by atoms with Crippen LogP contribution < -0.4 is 5.32 Å². The van der Waals surface area contributed by atoms with E-state index in [1.165, 1.54) is 180 Å². The molecule has 3 N–H and O–H groups in total. The molecule has 0 aliphatic heterocycles. The first-order chi connectivity index (χ1) is 31.5. The molecule has 376 valence electrons. The van der Waals surface area contributed by atoms with E-state index in [4.69, 9.17) is 4.74 Å². The molecule has 3 unspecified atom stereocenters. The number of ether oxygens (including phenoxy) is 1. The molecule has 0 bridgehead atoms. The molecule has 0 aromatic carbocycles. The highest BCUT2D eigenvalue weighted by Crippen LogP contribution is 2.18. The number of unbranched alkanes of at least 4 members (excludes halogenated alkanes) is 33. The second-order valence-corrected chi connectivity index (χ2v) is 19.3. The maximum absolute atomic E-state index is 13.2. The molecule has 0 aliphatic carbocycles. The van der Waals surface area contributed by atoms with Crippen molar-refractivity contribution >= 4 is 11.9 Å². The predicted octanol–water partition coefficient (Wildman–Crippen LogP) is 17.2. The fourth-order valence-corrected chi connectivity index (χ4v) is 8.67. The molecule has 0 aromatic rings. The summed E-state index contributed by atoms with van der Waals surface area (Å²) in [6.45, 7) is 6.47. The molecule has 0 fully saturated rings. The van der Waals surface area contributed by atoms with Gasteiger partial charge in [0.25, 0.3) is 0 Å². The Morgan fingerprint density at radius 3 is 1.22 bits per heavy atom. The number of carbonyl (C=O) groups excluding carboxylic acids is 2. The van der Waals surface area contributed by atoms with Gasteiger partial charge in [-0.3, -0.25) is 9.59 Å². The Kier molecular flexibility index (Phi) is 50.5. The summed E-state index contributed by atoms with van der Waals surface area (Å²) in [7, 11) is 0. The lowest BCUT2D eigenvalue weighted by molar-refractivity contribution is -0.151. The van der Waals surface area contributed by atoms with Crippen LogP contribution in [0, 0.1) is 0 Å². The summed E-state index contributed by atoms with van der Waals surface area (Å²) in [5, 5.41) is 23.9. The Morgan fingerprint density at radius 2 is 0.797 bits per heavy atom. The lowest BCUT2D eigenvalue weighted by Crippen LogP contribution is -2.46. The lowest BCUT2D eigenvalue weighted by Gasteiger charge is -2.24. The molecule has 64 heavy (non-hydrogen) atoms. The van der Waals surface area contributed by atoms with Gasteiger partial charge in [-0.15, -0.1) is 0 Å². The van der Waals surface area contributed by atoms with Crippen LogP contribution in [0.5, 0.6) is 0 Å². The molecule has 6 heteroatoms. The van der Waals surface area contributed by atoms with Crippen LogP contribution in [0.4, 0.5) is 0 Å². The van der Waals surface area contributed by atoms with Crippen LogP contribution in [0.1, 0.15) is 297 Å². The van der Waals surface area contributed by atoms with Crippen molar-refractivity contribution in [2.75, 3.05) is 6.61 Å². The van der Waals surface area contributed by atoms with E-state index in [2.05, 4.69) is 62.5 Å². The Morgan fingerprint density at radius 1 is 0.453 bits per heavy atom. The first-order valence-corrected chi connectivity index (χ1v) is 28.2. The summed E-state index contributed by atoms with van der Waals surface area (Å²) < 4.78 is 5.93. The van der Waals surface area contributed by atoms with Crippen molar-refractivity contribution in [3.05, 3.63) is 36.5 Å². The third-order valence-electron chi connectivity index (χ3n) is 13.0. The van der Waals surface area contributed by atoms with Crippen molar-refractivity contribution in [1.29, 1.82) is 0 Å². The number of hydrogen-bond acceptors (Lipinski definition) is 5. The average molecular weight is 901 g/mol. The highest BCUT2D eigenvalue weighted by atomic mass is 16.5. The summed E-state index contributed by atoms with van der Waals surface area (Å²) >= 11 is 0.